The first kappa shape index (κ1) is 23.2. The molecular formula is C24H23ClN4O2S2. The highest BCUT2D eigenvalue weighted by atomic mass is 35.5. The van der Waals surface area contributed by atoms with E-state index in [-0.39, 0.29) is 15.7 Å². The Bertz CT molecular complexity index is 1330. The number of aromatic nitrogens is 2. The van der Waals surface area contributed by atoms with E-state index in [1.807, 2.05) is 25.1 Å². The van der Waals surface area contributed by atoms with Gasteiger partial charge >= 0.3 is 0 Å². The Morgan fingerprint density at radius 1 is 1.03 bits per heavy atom. The topological polar surface area (TPSA) is 84.0 Å². The van der Waals surface area contributed by atoms with Crippen molar-refractivity contribution < 1.29 is 8.42 Å². The van der Waals surface area contributed by atoms with Gasteiger partial charge in [-0.1, -0.05) is 71.5 Å². The molecule has 33 heavy (non-hydrogen) atoms. The standard InChI is InChI=1S/C24H23ClN4O2S2/c1-17-22(32-24(28-17)26-14-8-11-18-9-4-2-5-10-18)19-15-21(23(25)27-16-19)29-33(30,31)20-12-6-3-7-13-20/h2-7,9-10,12-13,15-16,29H,8,11,14H2,1H3,(H,26,28). The van der Waals surface area contributed by atoms with Gasteiger partial charge in [0.25, 0.3) is 10.0 Å². The van der Waals surface area contributed by atoms with Gasteiger partial charge in [-0.15, -0.1) is 0 Å². The van der Waals surface area contributed by atoms with Gasteiger partial charge in [-0.2, -0.15) is 0 Å². The van der Waals surface area contributed by atoms with Crippen molar-refractivity contribution >= 4 is 43.8 Å². The van der Waals surface area contributed by atoms with E-state index in [9.17, 15) is 8.42 Å². The molecule has 0 spiro atoms. The fourth-order valence-corrected chi connectivity index (χ4v) is 5.58. The zero-order chi connectivity index (χ0) is 23.3. The molecule has 2 aromatic carbocycles. The second kappa shape index (κ2) is 10.3. The first-order valence-electron chi connectivity index (χ1n) is 10.4. The monoisotopic (exact) mass is 498 g/mol. The molecule has 0 atom stereocenters. The predicted octanol–water partition coefficient (Wildman–Crippen LogP) is 6.01. The average Bonchev–Trinajstić information content (AvgIpc) is 3.20. The van der Waals surface area contributed by atoms with Crippen LogP contribution in [-0.2, 0) is 16.4 Å². The molecule has 0 aliphatic rings. The summed E-state index contributed by atoms with van der Waals surface area (Å²) >= 11 is 7.70. The van der Waals surface area contributed by atoms with Crippen LogP contribution >= 0.6 is 22.9 Å². The quantitative estimate of drug-likeness (QED) is 0.218. The van der Waals surface area contributed by atoms with Gasteiger partial charge in [0.05, 0.1) is 21.2 Å². The molecule has 0 aliphatic heterocycles. The maximum absolute atomic E-state index is 12.7. The molecule has 2 heterocycles. The average molecular weight is 499 g/mol. The van der Waals surface area contributed by atoms with E-state index < -0.39 is 10.0 Å². The van der Waals surface area contributed by atoms with Crippen molar-refractivity contribution in [3.05, 3.63) is 89.3 Å². The molecule has 4 aromatic rings. The van der Waals surface area contributed by atoms with Crippen LogP contribution in [0.2, 0.25) is 5.15 Å². The molecule has 2 aromatic heterocycles. The lowest BCUT2D eigenvalue weighted by Gasteiger charge is -2.10. The molecular weight excluding hydrogens is 476 g/mol. The Balaban J connectivity index is 1.46. The molecule has 0 amide bonds. The van der Waals surface area contributed by atoms with Crippen molar-refractivity contribution in [2.24, 2.45) is 0 Å². The fraction of sp³-hybridized carbons (Fsp3) is 0.167. The van der Waals surface area contributed by atoms with Crippen molar-refractivity contribution in [3.63, 3.8) is 0 Å². The van der Waals surface area contributed by atoms with Crippen LogP contribution in [0.3, 0.4) is 0 Å². The van der Waals surface area contributed by atoms with Gasteiger partial charge in [-0.25, -0.2) is 18.4 Å². The summed E-state index contributed by atoms with van der Waals surface area (Å²) < 4.78 is 28.0. The second-order valence-corrected chi connectivity index (χ2v) is 10.5. The first-order valence-corrected chi connectivity index (χ1v) is 13.1. The summed E-state index contributed by atoms with van der Waals surface area (Å²) in [6, 6.07) is 20.2. The third-order valence-corrected chi connectivity index (χ3v) is 7.80. The van der Waals surface area contributed by atoms with Gasteiger partial charge in [0.15, 0.2) is 10.3 Å². The Morgan fingerprint density at radius 2 is 1.73 bits per heavy atom. The molecule has 0 fully saturated rings. The van der Waals surface area contributed by atoms with Crippen molar-refractivity contribution in [1.29, 1.82) is 0 Å². The van der Waals surface area contributed by atoms with Gasteiger partial charge < -0.3 is 5.32 Å². The van der Waals surface area contributed by atoms with Gasteiger partial charge in [0, 0.05) is 18.3 Å². The number of nitrogens with one attached hydrogen (secondary N) is 2. The molecule has 0 saturated carbocycles. The summed E-state index contributed by atoms with van der Waals surface area (Å²) in [5.41, 5.74) is 3.13. The normalized spacial score (nSPS) is 11.3. The van der Waals surface area contributed by atoms with Crippen molar-refractivity contribution in [1.82, 2.24) is 9.97 Å². The van der Waals surface area contributed by atoms with E-state index >= 15 is 0 Å². The molecule has 170 valence electrons. The number of thiazole rings is 1. The zero-order valence-electron chi connectivity index (χ0n) is 18.0. The van der Waals surface area contributed by atoms with Crippen LogP contribution in [0.25, 0.3) is 10.4 Å². The molecule has 9 heteroatoms. The summed E-state index contributed by atoms with van der Waals surface area (Å²) in [5.74, 6) is 0. The SMILES string of the molecule is Cc1nc(NCCCc2ccccc2)sc1-c1cnc(Cl)c(NS(=O)(=O)c2ccccc2)c1. The summed E-state index contributed by atoms with van der Waals surface area (Å²) in [4.78, 5) is 9.87. The number of hydrogen-bond acceptors (Lipinski definition) is 6. The Labute approximate surface area is 202 Å². The predicted molar refractivity (Wildman–Crippen MR) is 136 cm³/mol. The van der Waals surface area contributed by atoms with Crippen molar-refractivity contribution in [2.75, 3.05) is 16.6 Å². The van der Waals surface area contributed by atoms with Crippen LogP contribution in [0.15, 0.2) is 77.8 Å². The molecule has 0 aliphatic carbocycles. The lowest BCUT2D eigenvalue weighted by molar-refractivity contribution is 0.601. The van der Waals surface area contributed by atoms with E-state index in [4.69, 9.17) is 11.6 Å². The maximum atomic E-state index is 12.7. The number of sulfonamides is 1. The number of nitrogens with zero attached hydrogens (tertiary/aromatic N) is 2. The Morgan fingerprint density at radius 3 is 2.45 bits per heavy atom. The van der Waals surface area contributed by atoms with Crippen molar-refractivity contribution in [3.8, 4) is 10.4 Å². The first-order chi connectivity index (χ1) is 15.9. The highest BCUT2D eigenvalue weighted by molar-refractivity contribution is 7.92. The van der Waals surface area contributed by atoms with E-state index in [0.717, 1.165) is 40.7 Å². The summed E-state index contributed by atoms with van der Waals surface area (Å²) in [6.07, 6.45) is 3.62. The number of anilines is 2. The molecule has 4 rings (SSSR count). The van der Waals surface area contributed by atoms with E-state index in [0.29, 0.717) is 0 Å². The van der Waals surface area contributed by atoms with Gasteiger partial charge in [0.1, 0.15) is 0 Å². The zero-order valence-corrected chi connectivity index (χ0v) is 20.3. The van der Waals surface area contributed by atoms with Crippen LogP contribution in [-0.4, -0.2) is 24.9 Å². The van der Waals surface area contributed by atoms with Crippen molar-refractivity contribution in [2.45, 2.75) is 24.7 Å². The van der Waals surface area contributed by atoms with Crippen LogP contribution in [0, 0.1) is 6.92 Å². The number of rotatable bonds is 9. The van der Waals surface area contributed by atoms with E-state index in [2.05, 4.69) is 32.1 Å². The highest BCUT2D eigenvalue weighted by Gasteiger charge is 2.18. The minimum atomic E-state index is -3.78. The largest absolute Gasteiger partial charge is 0.361 e. The molecule has 2 N–H and O–H groups in total. The summed E-state index contributed by atoms with van der Waals surface area (Å²) in [6.45, 7) is 2.73. The lowest BCUT2D eigenvalue weighted by Crippen LogP contribution is -2.13. The number of aryl methyl sites for hydroxylation is 2. The van der Waals surface area contributed by atoms with Crippen LogP contribution in [0.4, 0.5) is 10.8 Å². The Hall–Kier alpha value is -2.94. The van der Waals surface area contributed by atoms with E-state index in [1.165, 1.54) is 29.0 Å². The summed E-state index contributed by atoms with van der Waals surface area (Å²) in [7, 11) is -3.78. The second-order valence-electron chi connectivity index (χ2n) is 7.43. The minimum absolute atomic E-state index is 0.0830. The third-order valence-electron chi connectivity index (χ3n) is 4.96. The van der Waals surface area contributed by atoms with Gasteiger partial charge in [0.2, 0.25) is 0 Å². The number of pyridine rings is 1. The van der Waals surface area contributed by atoms with Crippen LogP contribution in [0.5, 0.6) is 0 Å². The molecule has 0 radical (unpaired) electrons. The molecule has 0 unspecified atom stereocenters. The number of halogens is 1. The van der Waals surface area contributed by atoms with Crippen LogP contribution in [0.1, 0.15) is 17.7 Å². The molecule has 6 nitrogen and oxygen atoms in total. The van der Waals surface area contributed by atoms with Gasteiger partial charge in [-0.3, -0.25) is 4.72 Å². The highest BCUT2D eigenvalue weighted by Crippen LogP contribution is 2.35. The minimum Gasteiger partial charge on any atom is -0.361 e. The van der Waals surface area contributed by atoms with Gasteiger partial charge in [-0.05, 0) is 43.5 Å². The molecule has 0 bridgehead atoms. The smallest absolute Gasteiger partial charge is 0.261 e. The summed E-state index contributed by atoms with van der Waals surface area (Å²) in [5, 5.41) is 4.28. The van der Waals surface area contributed by atoms with Crippen LogP contribution < -0.4 is 10.0 Å². The number of benzene rings is 2. The number of hydrogen-bond donors (Lipinski definition) is 2. The fourth-order valence-electron chi connectivity index (χ4n) is 3.32. The van der Waals surface area contributed by atoms with E-state index in [1.54, 1.807) is 30.5 Å². The molecule has 0 saturated heterocycles. The Kier molecular flexibility index (Phi) is 7.27. The maximum Gasteiger partial charge on any atom is 0.261 e. The lowest BCUT2D eigenvalue weighted by atomic mass is 10.1. The third kappa shape index (κ3) is 5.90.